The Morgan fingerprint density at radius 2 is 2.05 bits per heavy atom. The summed E-state index contributed by atoms with van der Waals surface area (Å²) in [6.45, 7) is 0.517. The maximum absolute atomic E-state index is 12.5. The number of ether oxygens (including phenoxy) is 1. The van der Waals surface area contributed by atoms with Crippen molar-refractivity contribution in [2.24, 2.45) is 0 Å². The van der Waals surface area contributed by atoms with Crippen molar-refractivity contribution in [2.75, 3.05) is 50.0 Å². The summed E-state index contributed by atoms with van der Waals surface area (Å²) in [6.07, 6.45) is 2.84. The number of halogens is 3. The molecule has 0 aromatic carbocycles. The largest absolute Gasteiger partial charge is 0.480 e. The standard InChI is InChI=1S/C25H32F3N7O3/c26-25(27,28)17-38-15-14-35(12-2-1-5-19-7-6-18-4-3-9-31-22(18)33-19)13-8-20(24(36)37)34-23-21(16-29)30-10-11-32-23/h6-7,10-11,20H,1-5,8-9,12-15,17H2,(H,31,33)(H,32,34)(H,36,37)/t20-/m0/s1. The van der Waals surface area contributed by atoms with E-state index in [9.17, 15) is 28.3 Å². The van der Waals surface area contributed by atoms with Crippen molar-refractivity contribution in [1.29, 1.82) is 5.26 Å². The topological polar surface area (TPSA) is 136 Å². The predicted molar refractivity (Wildman–Crippen MR) is 134 cm³/mol. The summed E-state index contributed by atoms with van der Waals surface area (Å²) in [5.74, 6) is -0.138. The van der Waals surface area contributed by atoms with Crippen molar-refractivity contribution in [3.8, 4) is 6.07 Å². The first-order chi connectivity index (χ1) is 18.2. The Hall–Kier alpha value is -3.50. The Morgan fingerprint density at radius 1 is 1.24 bits per heavy atom. The Balaban J connectivity index is 1.53. The van der Waals surface area contributed by atoms with E-state index in [1.807, 2.05) is 17.0 Å². The van der Waals surface area contributed by atoms with Gasteiger partial charge in [0.15, 0.2) is 11.5 Å². The number of anilines is 2. The van der Waals surface area contributed by atoms with Crippen molar-refractivity contribution < 1.29 is 27.8 Å². The summed E-state index contributed by atoms with van der Waals surface area (Å²) in [6, 6.07) is 4.92. The number of carboxylic acids is 1. The Morgan fingerprint density at radius 3 is 2.82 bits per heavy atom. The van der Waals surface area contributed by atoms with Gasteiger partial charge in [-0.25, -0.2) is 19.7 Å². The monoisotopic (exact) mass is 535 g/mol. The Bertz CT molecular complexity index is 1090. The van der Waals surface area contributed by atoms with Crippen LogP contribution in [0.25, 0.3) is 0 Å². The van der Waals surface area contributed by atoms with Gasteiger partial charge in [-0.1, -0.05) is 6.07 Å². The van der Waals surface area contributed by atoms with E-state index in [4.69, 9.17) is 4.74 Å². The summed E-state index contributed by atoms with van der Waals surface area (Å²) in [7, 11) is 0. The second-order valence-electron chi connectivity index (χ2n) is 9.00. The van der Waals surface area contributed by atoms with Gasteiger partial charge >= 0.3 is 12.1 Å². The van der Waals surface area contributed by atoms with E-state index in [1.165, 1.54) is 18.0 Å². The van der Waals surface area contributed by atoms with Crippen LogP contribution in [0.4, 0.5) is 24.8 Å². The van der Waals surface area contributed by atoms with E-state index in [2.05, 4.69) is 31.7 Å². The number of unbranched alkanes of at least 4 members (excludes halogenated alkanes) is 1. The molecule has 3 N–H and O–H groups in total. The highest BCUT2D eigenvalue weighted by Crippen LogP contribution is 2.20. The van der Waals surface area contributed by atoms with Crippen molar-refractivity contribution >= 4 is 17.6 Å². The molecule has 0 radical (unpaired) electrons. The quantitative estimate of drug-likeness (QED) is 0.292. The molecule has 3 heterocycles. The van der Waals surface area contributed by atoms with Crippen LogP contribution in [0.1, 0.15) is 42.6 Å². The number of aryl methyl sites for hydroxylation is 2. The first-order valence-electron chi connectivity index (χ1n) is 12.5. The van der Waals surface area contributed by atoms with Crippen LogP contribution in [-0.2, 0) is 22.4 Å². The molecule has 38 heavy (non-hydrogen) atoms. The second kappa shape index (κ2) is 14.4. The number of aromatic nitrogens is 3. The normalized spacial score (nSPS) is 13.9. The maximum Gasteiger partial charge on any atom is 0.411 e. The molecule has 0 saturated heterocycles. The highest BCUT2D eigenvalue weighted by Gasteiger charge is 2.27. The lowest BCUT2D eigenvalue weighted by Crippen LogP contribution is -2.37. The van der Waals surface area contributed by atoms with E-state index < -0.39 is 24.8 Å². The lowest BCUT2D eigenvalue weighted by Gasteiger charge is -2.25. The van der Waals surface area contributed by atoms with Gasteiger partial charge in [-0.3, -0.25) is 0 Å². The molecule has 13 heteroatoms. The maximum atomic E-state index is 12.5. The number of nitriles is 1. The van der Waals surface area contributed by atoms with Crippen LogP contribution in [0.3, 0.4) is 0 Å². The number of pyridine rings is 1. The van der Waals surface area contributed by atoms with Crippen molar-refractivity contribution in [3.05, 3.63) is 41.5 Å². The average Bonchev–Trinajstić information content (AvgIpc) is 2.90. The smallest absolute Gasteiger partial charge is 0.411 e. The van der Waals surface area contributed by atoms with E-state index in [-0.39, 0.29) is 31.1 Å². The molecule has 0 amide bonds. The van der Waals surface area contributed by atoms with Gasteiger partial charge in [-0.2, -0.15) is 18.4 Å². The van der Waals surface area contributed by atoms with E-state index >= 15 is 0 Å². The van der Waals surface area contributed by atoms with Crippen LogP contribution in [0.5, 0.6) is 0 Å². The fourth-order valence-electron chi connectivity index (χ4n) is 4.13. The molecule has 2 aromatic rings. The lowest BCUT2D eigenvalue weighted by molar-refractivity contribution is -0.174. The number of aliphatic carboxylic acids is 1. The van der Waals surface area contributed by atoms with E-state index in [1.54, 1.807) is 0 Å². The number of carboxylic acid groups (broad SMARTS) is 1. The lowest BCUT2D eigenvalue weighted by atomic mass is 10.1. The summed E-state index contributed by atoms with van der Waals surface area (Å²) in [5, 5.41) is 24.9. The van der Waals surface area contributed by atoms with Gasteiger partial charge in [0.1, 0.15) is 24.5 Å². The number of nitrogens with one attached hydrogen (secondary N) is 2. The van der Waals surface area contributed by atoms with Crippen LogP contribution in [0.15, 0.2) is 24.5 Å². The molecule has 10 nitrogen and oxygen atoms in total. The number of alkyl halides is 3. The number of hydrogen-bond donors (Lipinski definition) is 3. The van der Waals surface area contributed by atoms with Gasteiger partial charge in [0.2, 0.25) is 0 Å². The first-order valence-corrected chi connectivity index (χ1v) is 12.5. The molecule has 0 bridgehead atoms. The molecule has 1 atom stereocenters. The van der Waals surface area contributed by atoms with Crippen LogP contribution < -0.4 is 10.6 Å². The van der Waals surface area contributed by atoms with Gasteiger partial charge in [0.25, 0.3) is 0 Å². The number of fused-ring (bicyclic) bond motifs is 1. The fourth-order valence-corrected chi connectivity index (χ4v) is 4.13. The molecular formula is C25H32F3N7O3. The molecule has 3 rings (SSSR count). The fraction of sp³-hybridized carbons (Fsp3) is 0.560. The minimum absolute atomic E-state index is 0.0258. The number of hydrogen-bond acceptors (Lipinski definition) is 9. The minimum Gasteiger partial charge on any atom is -0.480 e. The Kier molecular flexibility index (Phi) is 11.0. The molecule has 0 aliphatic carbocycles. The third-order valence-electron chi connectivity index (χ3n) is 6.07. The number of rotatable bonds is 15. The molecule has 0 fully saturated rings. The molecule has 2 aromatic heterocycles. The molecular weight excluding hydrogens is 503 g/mol. The predicted octanol–water partition coefficient (Wildman–Crippen LogP) is 3.26. The molecule has 1 aliphatic rings. The zero-order valence-corrected chi connectivity index (χ0v) is 21.0. The SMILES string of the molecule is N#Cc1nccnc1N[C@@H](CCN(CCCCc1ccc2c(n1)NCCC2)CCOCC(F)(F)F)C(=O)O. The average molecular weight is 536 g/mol. The van der Waals surface area contributed by atoms with Gasteiger partial charge in [0, 0.05) is 37.7 Å². The minimum atomic E-state index is -4.41. The summed E-state index contributed by atoms with van der Waals surface area (Å²) in [5.41, 5.74) is 2.17. The zero-order chi connectivity index (χ0) is 27.4. The third-order valence-corrected chi connectivity index (χ3v) is 6.07. The van der Waals surface area contributed by atoms with Gasteiger partial charge < -0.3 is 25.4 Å². The van der Waals surface area contributed by atoms with Crippen molar-refractivity contribution in [3.63, 3.8) is 0 Å². The van der Waals surface area contributed by atoms with Gasteiger partial charge in [0.05, 0.1) is 6.61 Å². The van der Waals surface area contributed by atoms with Crippen molar-refractivity contribution in [1.82, 2.24) is 19.9 Å². The van der Waals surface area contributed by atoms with Gasteiger partial charge in [-0.15, -0.1) is 0 Å². The highest BCUT2D eigenvalue weighted by molar-refractivity contribution is 5.77. The third kappa shape index (κ3) is 9.75. The molecule has 1 aliphatic heterocycles. The molecule has 0 unspecified atom stereocenters. The Labute approximate surface area is 219 Å². The molecule has 0 spiro atoms. The first kappa shape index (κ1) is 29.1. The van der Waals surface area contributed by atoms with Crippen LogP contribution in [0.2, 0.25) is 0 Å². The van der Waals surface area contributed by atoms with Crippen LogP contribution in [0, 0.1) is 11.3 Å². The van der Waals surface area contributed by atoms with Crippen LogP contribution >= 0.6 is 0 Å². The molecule has 0 saturated carbocycles. The second-order valence-corrected chi connectivity index (χ2v) is 9.00. The molecule has 206 valence electrons. The number of nitrogens with zero attached hydrogens (tertiary/aromatic N) is 5. The number of carbonyl (C=O) groups is 1. The highest BCUT2D eigenvalue weighted by atomic mass is 19.4. The zero-order valence-electron chi connectivity index (χ0n) is 21.0. The van der Waals surface area contributed by atoms with E-state index in [0.29, 0.717) is 13.1 Å². The van der Waals surface area contributed by atoms with Crippen LogP contribution in [-0.4, -0.2) is 82.5 Å². The summed E-state index contributed by atoms with van der Waals surface area (Å²) in [4.78, 5) is 26.3. The summed E-state index contributed by atoms with van der Waals surface area (Å²) < 4.78 is 42.1. The van der Waals surface area contributed by atoms with E-state index in [0.717, 1.165) is 50.2 Å². The van der Waals surface area contributed by atoms with Crippen molar-refractivity contribution in [2.45, 2.75) is 50.7 Å². The summed E-state index contributed by atoms with van der Waals surface area (Å²) >= 11 is 0. The van der Waals surface area contributed by atoms with Gasteiger partial charge in [-0.05, 0) is 56.7 Å².